The highest BCUT2D eigenvalue weighted by molar-refractivity contribution is 9.10. The average molecular weight is 527 g/mol. The second-order valence-corrected chi connectivity index (χ2v) is 9.87. The van der Waals surface area contributed by atoms with Crippen LogP contribution in [-0.2, 0) is 9.59 Å². The Balaban J connectivity index is 1.49. The summed E-state index contributed by atoms with van der Waals surface area (Å²) in [6, 6.07) is 24.4. The zero-order valence-electron chi connectivity index (χ0n) is 18.4. The summed E-state index contributed by atoms with van der Waals surface area (Å²) in [5.41, 5.74) is 3.94. The van der Waals surface area contributed by atoms with Crippen molar-refractivity contribution in [3.63, 3.8) is 0 Å². The van der Waals surface area contributed by atoms with Crippen LogP contribution in [0.4, 0.5) is 11.4 Å². The number of fused-ring (bicyclic) bond motifs is 5. The number of allylic oxidation sites excluding steroid dienone is 3. The van der Waals surface area contributed by atoms with E-state index in [9.17, 15) is 19.7 Å². The SMILES string of the molecule is O=C1[C@@H]2[C@H](C(=O)N1c1ccc(Br)cc1[N+](=O)[O-])[C@H]1C=C[C@H]2C1=C(c1ccccc1)c1ccccc1. The van der Waals surface area contributed by atoms with E-state index >= 15 is 0 Å². The summed E-state index contributed by atoms with van der Waals surface area (Å²) < 4.78 is 0.509. The molecular formula is C28H19BrN2O4. The Hall–Kier alpha value is -3.84. The maximum Gasteiger partial charge on any atom is 0.294 e. The molecule has 0 spiro atoms. The molecule has 6 nitrogen and oxygen atoms in total. The van der Waals surface area contributed by atoms with Crippen LogP contribution in [0.1, 0.15) is 11.1 Å². The van der Waals surface area contributed by atoms with Crippen molar-refractivity contribution in [3.05, 3.63) is 122 Å². The number of carbonyl (C=O) groups excluding carboxylic acids is 2. The molecule has 2 aliphatic carbocycles. The number of hydrogen-bond donors (Lipinski definition) is 0. The average Bonchev–Trinajstić information content (AvgIpc) is 3.50. The van der Waals surface area contributed by atoms with Crippen LogP contribution in [0.2, 0.25) is 0 Å². The smallest absolute Gasteiger partial charge is 0.274 e. The minimum absolute atomic E-state index is 0.0267. The quantitative estimate of drug-likeness (QED) is 0.187. The zero-order valence-corrected chi connectivity index (χ0v) is 20.0. The molecule has 7 heteroatoms. The number of benzene rings is 3. The van der Waals surface area contributed by atoms with Gasteiger partial charge in [-0.05, 0) is 34.4 Å². The van der Waals surface area contributed by atoms with E-state index in [0.29, 0.717) is 4.47 Å². The molecule has 35 heavy (non-hydrogen) atoms. The summed E-state index contributed by atoms with van der Waals surface area (Å²) in [4.78, 5) is 39.6. The molecule has 1 saturated heterocycles. The molecule has 0 radical (unpaired) electrons. The van der Waals surface area contributed by atoms with E-state index in [0.717, 1.165) is 27.2 Å². The van der Waals surface area contributed by atoms with Gasteiger partial charge in [0.05, 0.1) is 16.8 Å². The monoisotopic (exact) mass is 526 g/mol. The number of nitrogens with zero attached hydrogens (tertiary/aromatic N) is 2. The molecular weight excluding hydrogens is 508 g/mol. The normalized spacial score (nSPS) is 24.3. The first-order chi connectivity index (χ1) is 17.0. The molecule has 172 valence electrons. The molecule has 3 aliphatic rings. The predicted octanol–water partition coefficient (Wildman–Crippen LogP) is 5.78. The van der Waals surface area contributed by atoms with Gasteiger partial charge in [-0.2, -0.15) is 0 Å². The molecule has 3 aromatic carbocycles. The number of hydrogen-bond acceptors (Lipinski definition) is 4. The Morgan fingerprint density at radius 1 is 0.800 bits per heavy atom. The highest BCUT2D eigenvalue weighted by Gasteiger charge is 2.63. The van der Waals surface area contributed by atoms with Crippen LogP contribution < -0.4 is 4.90 Å². The van der Waals surface area contributed by atoms with E-state index in [4.69, 9.17) is 0 Å². The maximum absolute atomic E-state index is 13.7. The third-order valence-corrected chi connectivity index (χ3v) is 7.70. The lowest BCUT2D eigenvalue weighted by molar-refractivity contribution is -0.384. The summed E-state index contributed by atoms with van der Waals surface area (Å²) in [7, 11) is 0. The molecule has 1 aliphatic heterocycles. The second-order valence-electron chi connectivity index (χ2n) is 8.95. The highest BCUT2D eigenvalue weighted by atomic mass is 79.9. The fraction of sp³-hybridized carbons (Fsp3) is 0.143. The lowest BCUT2D eigenvalue weighted by Crippen LogP contribution is -2.33. The minimum atomic E-state index is -0.571. The van der Waals surface area contributed by atoms with Crippen molar-refractivity contribution in [2.75, 3.05) is 4.90 Å². The molecule has 3 aromatic rings. The van der Waals surface area contributed by atoms with Gasteiger partial charge >= 0.3 is 0 Å². The van der Waals surface area contributed by atoms with Gasteiger partial charge < -0.3 is 0 Å². The first-order valence-electron chi connectivity index (χ1n) is 11.3. The van der Waals surface area contributed by atoms with Crippen molar-refractivity contribution in [3.8, 4) is 0 Å². The van der Waals surface area contributed by atoms with E-state index in [-0.39, 0.29) is 35.0 Å². The fourth-order valence-electron chi connectivity index (χ4n) is 5.88. The largest absolute Gasteiger partial charge is 0.294 e. The minimum Gasteiger partial charge on any atom is -0.274 e. The Labute approximate surface area is 209 Å². The van der Waals surface area contributed by atoms with Crippen molar-refractivity contribution < 1.29 is 14.5 Å². The van der Waals surface area contributed by atoms with Crippen LogP contribution in [0.5, 0.6) is 0 Å². The fourth-order valence-corrected chi connectivity index (χ4v) is 6.22. The van der Waals surface area contributed by atoms with Crippen molar-refractivity contribution >= 4 is 44.7 Å². The van der Waals surface area contributed by atoms with E-state index in [2.05, 4.69) is 15.9 Å². The standard InChI is InChI=1S/C28H19BrN2O4/c29-18-11-14-21(22(15-18)31(34)35)30-27(32)25-19-12-13-20(26(25)28(30)33)24(19)23(16-7-3-1-4-8-16)17-9-5-2-6-10-17/h1-15,19-20,25-26H/t19-,20-,25-,26+/m0/s1. The summed E-state index contributed by atoms with van der Waals surface area (Å²) in [5.74, 6) is -2.37. The molecule has 4 atom stereocenters. The first-order valence-corrected chi connectivity index (χ1v) is 12.1. The number of rotatable bonds is 4. The first kappa shape index (κ1) is 21.7. The summed E-state index contributed by atoms with van der Waals surface area (Å²) in [6.45, 7) is 0. The van der Waals surface area contributed by atoms with Crippen LogP contribution in [0.15, 0.2) is 101 Å². The van der Waals surface area contributed by atoms with Gasteiger partial charge in [0.25, 0.3) is 5.69 Å². The molecule has 1 heterocycles. The molecule has 2 bridgehead atoms. The van der Waals surface area contributed by atoms with Crippen LogP contribution in [0.3, 0.4) is 0 Å². The van der Waals surface area contributed by atoms with Gasteiger partial charge in [-0.3, -0.25) is 19.7 Å². The molecule has 2 fully saturated rings. The number of carbonyl (C=O) groups is 2. The van der Waals surface area contributed by atoms with Gasteiger partial charge in [-0.1, -0.05) is 88.7 Å². The van der Waals surface area contributed by atoms with Gasteiger partial charge in [0.15, 0.2) is 0 Å². The summed E-state index contributed by atoms with van der Waals surface area (Å²) in [6.07, 6.45) is 4.05. The lowest BCUT2D eigenvalue weighted by Gasteiger charge is -2.21. The Kier molecular flexibility index (Phi) is 5.04. The third-order valence-electron chi connectivity index (χ3n) is 7.20. The van der Waals surface area contributed by atoms with E-state index in [1.807, 2.05) is 72.8 Å². The Bertz CT molecular complexity index is 1370. The third kappa shape index (κ3) is 3.22. The van der Waals surface area contributed by atoms with Gasteiger partial charge in [-0.25, -0.2) is 4.90 Å². The van der Waals surface area contributed by atoms with Gasteiger partial charge in [0, 0.05) is 22.4 Å². The molecule has 0 unspecified atom stereocenters. The van der Waals surface area contributed by atoms with Crippen molar-refractivity contribution in [1.29, 1.82) is 0 Å². The van der Waals surface area contributed by atoms with Crippen molar-refractivity contribution in [2.45, 2.75) is 0 Å². The van der Waals surface area contributed by atoms with Crippen molar-refractivity contribution in [1.82, 2.24) is 0 Å². The van der Waals surface area contributed by atoms with Crippen LogP contribution in [0.25, 0.3) is 5.57 Å². The van der Waals surface area contributed by atoms with Crippen LogP contribution >= 0.6 is 15.9 Å². The van der Waals surface area contributed by atoms with Crippen molar-refractivity contribution in [2.24, 2.45) is 23.7 Å². The number of nitro benzene ring substituents is 1. The molecule has 2 amide bonds. The van der Waals surface area contributed by atoms with Crippen LogP contribution in [0, 0.1) is 33.8 Å². The van der Waals surface area contributed by atoms with Gasteiger partial charge in [0.2, 0.25) is 11.8 Å². The number of halogens is 1. The number of anilines is 1. The number of amides is 2. The molecule has 0 N–H and O–H groups in total. The van der Waals surface area contributed by atoms with E-state index in [1.165, 1.54) is 12.1 Å². The van der Waals surface area contributed by atoms with E-state index < -0.39 is 16.8 Å². The van der Waals surface area contributed by atoms with Gasteiger partial charge in [0.1, 0.15) is 5.69 Å². The number of nitro groups is 1. The van der Waals surface area contributed by atoms with E-state index in [1.54, 1.807) is 6.07 Å². The van der Waals surface area contributed by atoms with Crippen LogP contribution in [-0.4, -0.2) is 16.7 Å². The highest BCUT2D eigenvalue weighted by Crippen LogP contribution is 2.59. The lowest BCUT2D eigenvalue weighted by atomic mass is 9.85. The molecule has 6 rings (SSSR count). The number of imide groups is 1. The molecule has 0 aromatic heterocycles. The predicted molar refractivity (Wildman–Crippen MR) is 135 cm³/mol. The molecule has 1 saturated carbocycles. The Morgan fingerprint density at radius 3 is 1.80 bits per heavy atom. The maximum atomic E-state index is 13.7. The van der Waals surface area contributed by atoms with Gasteiger partial charge in [-0.15, -0.1) is 0 Å². The topological polar surface area (TPSA) is 80.5 Å². The summed E-state index contributed by atoms with van der Waals surface area (Å²) in [5, 5.41) is 11.7. The summed E-state index contributed by atoms with van der Waals surface area (Å²) >= 11 is 3.24. The zero-order chi connectivity index (χ0) is 24.3. The second kappa shape index (κ2) is 8.13. The Morgan fingerprint density at radius 2 is 1.31 bits per heavy atom.